The van der Waals surface area contributed by atoms with Gasteiger partial charge in [-0.2, -0.15) is 0 Å². The normalized spacial score (nSPS) is 17.8. The Hall–Kier alpha value is -3.56. The summed E-state index contributed by atoms with van der Waals surface area (Å²) in [6, 6.07) is 33.0. The number of rotatable bonds is 4. The van der Waals surface area contributed by atoms with E-state index in [9.17, 15) is 9.18 Å². The summed E-state index contributed by atoms with van der Waals surface area (Å²) < 4.78 is 12.6. The van der Waals surface area contributed by atoms with Crippen LogP contribution >= 0.6 is 0 Å². The van der Waals surface area contributed by atoms with Crippen molar-refractivity contribution in [2.75, 3.05) is 13.1 Å². The molecule has 0 spiro atoms. The molecular weight excluding hydrogens is 505 g/mol. The first-order valence-electron chi connectivity index (χ1n) is 15.0. The number of carbonyl (C=O) groups is 1. The third kappa shape index (κ3) is 7.80. The molecule has 0 aromatic heterocycles. The van der Waals surface area contributed by atoms with Crippen molar-refractivity contribution in [1.82, 2.24) is 4.90 Å². The monoisotopic (exact) mass is 549 g/mol. The maximum absolute atomic E-state index is 12.6. The van der Waals surface area contributed by atoms with E-state index in [1.807, 2.05) is 13.0 Å². The van der Waals surface area contributed by atoms with Crippen molar-refractivity contribution in [3.05, 3.63) is 142 Å². The van der Waals surface area contributed by atoms with Gasteiger partial charge in [-0.1, -0.05) is 112 Å². The average Bonchev–Trinajstić information content (AvgIpc) is 3.35. The molecule has 4 aromatic rings. The molecule has 2 aliphatic rings. The van der Waals surface area contributed by atoms with Crippen molar-refractivity contribution in [1.29, 1.82) is 0 Å². The lowest BCUT2D eigenvalue weighted by Gasteiger charge is -2.40. The molecule has 3 heteroatoms. The molecule has 0 saturated heterocycles. The molecule has 0 N–H and O–H groups in total. The Labute approximate surface area is 246 Å². The van der Waals surface area contributed by atoms with Crippen molar-refractivity contribution in [2.45, 2.75) is 65.8 Å². The maximum atomic E-state index is 12.6. The molecule has 0 radical (unpaired) electrons. The smallest absolute Gasteiger partial charge is 0.143 e. The summed E-state index contributed by atoms with van der Waals surface area (Å²) in [5.41, 5.74) is 9.27. The van der Waals surface area contributed by atoms with Crippen molar-refractivity contribution in [3.63, 3.8) is 0 Å². The lowest BCUT2D eigenvalue weighted by atomic mass is 9.82. The molecule has 0 amide bonds. The summed E-state index contributed by atoms with van der Waals surface area (Å²) >= 11 is 0. The van der Waals surface area contributed by atoms with E-state index >= 15 is 0 Å². The molecule has 1 heterocycles. The van der Waals surface area contributed by atoms with Crippen molar-refractivity contribution in [2.24, 2.45) is 5.92 Å². The Morgan fingerprint density at radius 3 is 1.88 bits per heavy atom. The first kappa shape index (κ1) is 30.4. The number of Topliss-reactive ketones (excluding diaryl/α,β-unsaturated/α-hetero) is 1. The third-order valence-electron chi connectivity index (χ3n) is 8.20. The Morgan fingerprint density at radius 2 is 1.32 bits per heavy atom. The van der Waals surface area contributed by atoms with Crippen molar-refractivity contribution < 1.29 is 9.18 Å². The van der Waals surface area contributed by atoms with E-state index in [1.54, 1.807) is 30.2 Å². The summed E-state index contributed by atoms with van der Waals surface area (Å²) in [6.45, 7) is 11.8. The van der Waals surface area contributed by atoms with E-state index in [4.69, 9.17) is 0 Å². The van der Waals surface area contributed by atoms with Crippen LogP contribution in [0.2, 0.25) is 0 Å². The summed E-state index contributed by atoms with van der Waals surface area (Å²) in [4.78, 5) is 14.1. The minimum absolute atomic E-state index is 0.0972. The van der Waals surface area contributed by atoms with Gasteiger partial charge in [0.1, 0.15) is 11.6 Å². The fourth-order valence-electron chi connectivity index (χ4n) is 6.22. The number of benzene rings is 4. The Bertz CT molecular complexity index is 1420. The molecule has 1 aliphatic heterocycles. The van der Waals surface area contributed by atoms with Gasteiger partial charge in [0.05, 0.1) is 12.6 Å². The van der Waals surface area contributed by atoms with Gasteiger partial charge in [-0.3, -0.25) is 9.69 Å². The van der Waals surface area contributed by atoms with Gasteiger partial charge < -0.3 is 0 Å². The number of hydrogen-bond donors (Lipinski definition) is 0. The Kier molecular flexibility index (Phi) is 10.7. The fourth-order valence-corrected chi connectivity index (χ4v) is 6.22. The van der Waals surface area contributed by atoms with E-state index in [1.165, 1.54) is 41.2 Å². The van der Waals surface area contributed by atoms with Gasteiger partial charge in [-0.15, -0.1) is 0 Å². The first-order chi connectivity index (χ1) is 19.8. The maximum Gasteiger partial charge on any atom is 0.143 e. The molecule has 0 bridgehead atoms. The highest BCUT2D eigenvalue weighted by Gasteiger charge is 2.33. The SMILES string of the molecule is CC(=O)CN1CC(C)c2ccccc2[C@H]1c1ccccc1C.CC1Cc2ccccc2C1.CCc1ccccc1F. The van der Waals surface area contributed by atoms with Crippen LogP contribution in [0.5, 0.6) is 0 Å². The molecule has 4 aromatic carbocycles. The predicted octanol–water partition coefficient (Wildman–Crippen LogP) is 8.90. The van der Waals surface area contributed by atoms with Crippen LogP contribution in [0.15, 0.2) is 97.1 Å². The molecule has 2 atom stereocenters. The van der Waals surface area contributed by atoms with Crippen molar-refractivity contribution in [3.8, 4) is 0 Å². The largest absolute Gasteiger partial charge is 0.299 e. The molecular formula is C38H44FNO. The van der Waals surface area contributed by atoms with E-state index < -0.39 is 0 Å². The van der Waals surface area contributed by atoms with Crippen LogP contribution in [-0.2, 0) is 24.1 Å². The second kappa shape index (κ2) is 14.4. The van der Waals surface area contributed by atoms with Gasteiger partial charge in [0.2, 0.25) is 0 Å². The second-order valence-corrected chi connectivity index (χ2v) is 11.6. The molecule has 0 saturated carbocycles. The zero-order valence-corrected chi connectivity index (χ0v) is 25.2. The minimum Gasteiger partial charge on any atom is -0.299 e. The standard InChI is InChI=1S/C20H23NO.C10H12.C8H9F/c1-14-8-4-5-10-18(14)20-19-11-7-6-9-17(19)15(2)12-21(20)13-16(3)22;1-8-6-9-4-2-3-5-10(9)7-8;1-2-7-5-3-4-6-8(7)9/h4-11,15,20H,12-13H2,1-3H3;2-5,8H,6-7H2,1H3;3-6H,2H2,1H3/t15?,20-;;/m1../s1. The van der Waals surface area contributed by atoms with Gasteiger partial charge in [-0.25, -0.2) is 4.39 Å². The van der Waals surface area contributed by atoms with E-state index in [2.05, 4.69) is 98.5 Å². The molecule has 2 nitrogen and oxygen atoms in total. The number of hydrogen-bond acceptors (Lipinski definition) is 2. The molecule has 0 fully saturated rings. The minimum atomic E-state index is -0.0972. The van der Waals surface area contributed by atoms with Crippen LogP contribution < -0.4 is 0 Å². The number of nitrogens with zero attached hydrogens (tertiary/aromatic N) is 1. The zero-order valence-electron chi connectivity index (χ0n) is 25.2. The van der Waals surface area contributed by atoms with Crippen LogP contribution in [0.4, 0.5) is 4.39 Å². The van der Waals surface area contributed by atoms with Gasteiger partial charge >= 0.3 is 0 Å². The number of ketones is 1. The molecule has 1 aliphatic carbocycles. The molecule has 6 rings (SSSR count). The quantitative estimate of drug-likeness (QED) is 0.253. The molecule has 1 unspecified atom stereocenters. The summed E-state index contributed by atoms with van der Waals surface area (Å²) in [7, 11) is 0. The van der Waals surface area contributed by atoms with Gasteiger partial charge in [0, 0.05) is 6.54 Å². The van der Waals surface area contributed by atoms with Crippen LogP contribution in [0.3, 0.4) is 0 Å². The lowest BCUT2D eigenvalue weighted by Crippen LogP contribution is -2.40. The predicted molar refractivity (Wildman–Crippen MR) is 169 cm³/mol. The number of fused-ring (bicyclic) bond motifs is 2. The molecule has 214 valence electrons. The highest BCUT2D eigenvalue weighted by molar-refractivity contribution is 5.77. The third-order valence-corrected chi connectivity index (χ3v) is 8.20. The van der Waals surface area contributed by atoms with Gasteiger partial charge in [0.25, 0.3) is 0 Å². The second-order valence-electron chi connectivity index (χ2n) is 11.6. The highest BCUT2D eigenvalue weighted by Crippen LogP contribution is 2.40. The van der Waals surface area contributed by atoms with E-state index in [0.29, 0.717) is 12.5 Å². The molecule has 41 heavy (non-hydrogen) atoms. The number of halogens is 1. The summed E-state index contributed by atoms with van der Waals surface area (Å²) in [5, 5.41) is 0. The zero-order chi connectivity index (χ0) is 29.4. The van der Waals surface area contributed by atoms with Crippen LogP contribution in [0.25, 0.3) is 0 Å². The Balaban J connectivity index is 0.000000167. The first-order valence-corrected chi connectivity index (χ1v) is 15.0. The number of carbonyl (C=O) groups excluding carboxylic acids is 1. The van der Waals surface area contributed by atoms with Gasteiger partial charge in [-0.05, 0) is 90.0 Å². The summed E-state index contributed by atoms with van der Waals surface area (Å²) in [6.07, 6.45) is 3.35. The van der Waals surface area contributed by atoms with Crippen LogP contribution in [0, 0.1) is 18.7 Å². The van der Waals surface area contributed by atoms with Gasteiger partial charge in [0.15, 0.2) is 0 Å². The van der Waals surface area contributed by atoms with Crippen LogP contribution in [-0.4, -0.2) is 23.8 Å². The summed E-state index contributed by atoms with van der Waals surface area (Å²) in [5.74, 6) is 1.46. The van der Waals surface area contributed by atoms with E-state index in [0.717, 1.165) is 24.4 Å². The number of aryl methyl sites for hydroxylation is 2. The Morgan fingerprint density at radius 1 is 0.780 bits per heavy atom. The average molecular weight is 550 g/mol. The van der Waals surface area contributed by atoms with E-state index in [-0.39, 0.29) is 17.6 Å². The van der Waals surface area contributed by atoms with Crippen LogP contribution in [0.1, 0.15) is 78.6 Å². The lowest BCUT2D eigenvalue weighted by molar-refractivity contribution is -0.118. The van der Waals surface area contributed by atoms with Crippen molar-refractivity contribution >= 4 is 5.78 Å². The topological polar surface area (TPSA) is 20.3 Å². The fraction of sp³-hybridized carbons (Fsp3) is 0.342. The highest BCUT2D eigenvalue weighted by atomic mass is 19.1.